The highest BCUT2D eigenvalue weighted by Crippen LogP contribution is 2.46. The number of phenolic OH excluding ortho intramolecular Hbond substituents is 1. The van der Waals surface area contributed by atoms with E-state index >= 15 is 0 Å². The lowest BCUT2D eigenvalue weighted by atomic mass is 9.77. The van der Waals surface area contributed by atoms with Gasteiger partial charge in [-0.3, -0.25) is 4.79 Å². The van der Waals surface area contributed by atoms with E-state index in [-0.39, 0.29) is 29.4 Å². The predicted molar refractivity (Wildman–Crippen MR) is 111 cm³/mol. The second-order valence-corrected chi connectivity index (χ2v) is 7.54. The summed E-state index contributed by atoms with van der Waals surface area (Å²) in [7, 11) is 0. The van der Waals surface area contributed by atoms with Gasteiger partial charge in [-0.05, 0) is 60.2 Å². The van der Waals surface area contributed by atoms with Gasteiger partial charge < -0.3 is 10.0 Å². The number of halogens is 1. The summed E-state index contributed by atoms with van der Waals surface area (Å²) in [6.07, 6.45) is 2.93. The third-order valence-corrected chi connectivity index (χ3v) is 5.62. The number of aryl methyl sites for hydroxylation is 1. The minimum absolute atomic E-state index is 0.0781. The van der Waals surface area contributed by atoms with E-state index in [9.17, 15) is 14.3 Å². The van der Waals surface area contributed by atoms with Crippen molar-refractivity contribution in [3.05, 3.63) is 101 Å². The molecule has 4 rings (SSSR count). The second-order valence-electron chi connectivity index (χ2n) is 7.54. The van der Waals surface area contributed by atoms with Crippen molar-refractivity contribution in [1.82, 2.24) is 4.90 Å². The van der Waals surface area contributed by atoms with E-state index in [0.717, 1.165) is 30.4 Å². The summed E-state index contributed by atoms with van der Waals surface area (Å²) < 4.78 is 13.3. The molecule has 148 valence electrons. The molecular weight excluding hydrogens is 365 g/mol. The number of unbranched alkanes of at least 4 members (excludes halogenated alkanes) is 1. The monoisotopic (exact) mass is 389 g/mol. The number of amides is 1. The normalized spacial score (nSPS) is 18.5. The van der Waals surface area contributed by atoms with E-state index < -0.39 is 0 Å². The Kier molecular flexibility index (Phi) is 5.61. The summed E-state index contributed by atoms with van der Waals surface area (Å²) in [5.41, 5.74) is 3.12. The molecular formula is C25H24FNO2. The summed E-state index contributed by atoms with van der Waals surface area (Å²) in [6, 6.07) is 23.5. The molecule has 3 aromatic carbocycles. The lowest BCUT2D eigenvalue weighted by Crippen LogP contribution is -2.53. The van der Waals surface area contributed by atoms with Crippen LogP contribution in [0.5, 0.6) is 5.75 Å². The van der Waals surface area contributed by atoms with Crippen molar-refractivity contribution in [1.29, 1.82) is 0 Å². The van der Waals surface area contributed by atoms with Crippen LogP contribution in [0.3, 0.4) is 0 Å². The number of hydrogen-bond donors (Lipinski definition) is 1. The maximum Gasteiger partial charge on any atom is 0.233 e. The SMILES string of the molecule is O=C1[C@H](c2ccc(F)cc2)[C@H](c2ccc(O)cc2)N1CCCCc1ccccc1. The molecule has 0 aliphatic carbocycles. The molecule has 4 heteroatoms. The zero-order valence-electron chi connectivity index (χ0n) is 16.2. The molecule has 1 aliphatic heterocycles. The zero-order valence-corrected chi connectivity index (χ0v) is 16.2. The Morgan fingerprint density at radius 3 is 2.17 bits per heavy atom. The number of carbonyl (C=O) groups excluding carboxylic acids is 1. The second kappa shape index (κ2) is 8.48. The van der Waals surface area contributed by atoms with Crippen molar-refractivity contribution in [2.75, 3.05) is 6.54 Å². The van der Waals surface area contributed by atoms with Gasteiger partial charge in [0.25, 0.3) is 0 Å². The Balaban J connectivity index is 1.47. The fourth-order valence-electron chi connectivity index (χ4n) is 4.09. The van der Waals surface area contributed by atoms with Crippen molar-refractivity contribution < 1.29 is 14.3 Å². The smallest absolute Gasteiger partial charge is 0.233 e. The molecule has 0 bridgehead atoms. The van der Waals surface area contributed by atoms with Crippen molar-refractivity contribution in [3.8, 4) is 5.75 Å². The molecule has 1 saturated heterocycles. The molecule has 3 nitrogen and oxygen atoms in total. The van der Waals surface area contributed by atoms with Crippen molar-refractivity contribution >= 4 is 5.91 Å². The van der Waals surface area contributed by atoms with Crippen LogP contribution in [-0.4, -0.2) is 22.5 Å². The molecule has 1 aliphatic rings. The third-order valence-electron chi connectivity index (χ3n) is 5.62. The number of β-lactam (4-membered cyclic amide) rings is 1. The highest BCUT2D eigenvalue weighted by Gasteiger charge is 2.48. The number of hydrogen-bond acceptors (Lipinski definition) is 2. The van der Waals surface area contributed by atoms with Gasteiger partial charge in [0.15, 0.2) is 0 Å². The number of carbonyl (C=O) groups is 1. The van der Waals surface area contributed by atoms with Crippen LogP contribution < -0.4 is 0 Å². The molecule has 1 heterocycles. The van der Waals surface area contributed by atoms with Crippen molar-refractivity contribution in [3.63, 3.8) is 0 Å². The maximum atomic E-state index is 13.3. The Labute approximate surface area is 170 Å². The molecule has 1 fully saturated rings. The molecule has 0 unspecified atom stereocenters. The molecule has 0 radical (unpaired) electrons. The third kappa shape index (κ3) is 4.16. The number of likely N-dealkylation sites (tertiary alicyclic amines) is 1. The highest BCUT2D eigenvalue weighted by atomic mass is 19.1. The summed E-state index contributed by atoms with van der Waals surface area (Å²) >= 11 is 0. The average molecular weight is 389 g/mol. The minimum Gasteiger partial charge on any atom is -0.508 e. The number of aromatic hydroxyl groups is 1. The first-order chi connectivity index (χ1) is 14.1. The van der Waals surface area contributed by atoms with Crippen LogP contribution in [-0.2, 0) is 11.2 Å². The van der Waals surface area contributed by atoms with E-state index in [1.165, 1.54) is 17.7 Å². The predicted octanol–water partition coefficient (Wildman–Crippen LogP) is 5.22. The molecule has 0 saturated carbocycles. The van der Waals surface area contributed by atoms with Crippen LogP contribution in [0.1, 0.15) is 41.5 Å². The largest absolute Gasteiger partial charge is 0.508 e. The van der Waals surface area contributed by atoms with Crippen LogP contribution in [0.15, 0.2) is 78.9 Å². The lowest BCUT2D eigenvalue weighted by Gasteiger charge is -2.48. The molecule has 1 amide bonds. The highest BCUT2D eigenvalue weighted by molar-refractivity contribution is 5.91. The van der Waals surface area contributed by atoms with E-state index in [1.54, 1.807) is 24.3 Å². The minimum atomic E-state index is -0.311. The molecule has 0 aromatic heterocycles. The van der Waals surface area contributed by atoms with Crippen LogP contribution in [0.4, 0.5) is 4.39 Å². The summed E-state index contributed by atoms with van der Waals surface area (Å²) in [5, 5.41) is 9.62. The number of phenols is 1. The van der Waals surface area contributed by atoms with Gasteiger partial charge in [-0.25, -0.2) is 4.39 Å². The van der Waals surface area contributed by atoms with Gasteiger partial charge in [0.05, 0.1) is 12.0 Å². The Morgan fingerprint density at radius 1 is 0.828 bits per heavy atom. The van der Waals surface area contributed by atoms with E-state index in [0.29, 0.717) is 6.54 Å². The fourth-order valence-corrected chi connectivity index (χ4v) is 4.09. The van der Waals surface area contributed by atoms with Crippen molar-refractivity contribution in [2.45, 2.75) is 31.2 Å². The number of benzene rings is 3. The van der Waals surface area contributed by atoms with Crippen LogP contribution in [0, 0.1) is 5.82 Å². The Hall–Kier alpha value is -3.14. The fraction of sp³-hybridized carbons (Fsp3) is 0.240. The first kappa shape index (κ1) is 19.2. The van der Waals surface area contributed by atoms with Crippen LogP contribution in [0.25, 0.3) is 0 Å². The first-order valence-electron chi connectivity index (χ1n) is 10.0. The van der Waals surface area contributed by atoms with Gasteiger partial charge in [0.1, 0.15) is 11.6 Å². The lowest BCUT2D eigenvalue weighted by molar-refractivity contribution is -0.150. The first-order valence-corrected chi connectivity index (χ1v) is 10.0. The van der Waals surface area contributed by atoms with Gasteiger partial charge in [-0.1, -0.05) is 54.6 Å². The zero-order chi connectivity index (χ0) is 20.2. The number of rotatable bonds is 7. The topological polar surface area (TPSA) is 40.5 Å². The molecule has 29 heavy (non-hydrogen) atoms. The van der Waals surface area contributed by atoms with E-state index in [2.05, 4.69) is 12.1 Å². The van der Waals surface area contributed by atoms with Crippen LogP contribution in [0.2, 0.25) is 0 Å². The Bertz CT molecular complexity index is 954. The van der Waals surface area contributed by atoms with Gasteiger partial charge in [-0.15, -0.1) is 0 Å². The van der Waals surface area contributed by atoms with Gasteiger partial charge in [0.2, 0.25) is 5.91 Å². The Morgan fingerprint density at radius 2 is 1.48 bits per heavy atom. The summed E-state index contributed by atoms with van der Waals surface area (Å²) in [6.45, 7) is 0.689. The standard InChI is InChI=1S/C25H24FNO2/c26-21-13-9-19(10-14-21)23-24(20-11-15-22(28)16-12-20)27(25(23)29)17-5-4-8-18-6-2-1-3-7-18/h1-3,6-7,9-16,23-24,28H,4-5,8,17H2/t23-,24+/m1/s1. The van der Waals surface area contributed by atoms with E-state index in [1.807, 2.05) is 35.2 Å². The van der Waals surface area contributed by atoms with Crippen molar-refractivity contribution in [2.24, 2.45) is 0 Å². The average Bonchev–Trinajstić information content (AvgIpc) is 2.74. The van der Waals surface area contributed by atoms with Gasteiger partial charge in [-0.2, -0.15) is 0 Å². The van der Waals surface area contributed by atoms with Gasteiger partial charge in [0, 0.05) is 6.54 Å². The molecule has 3 aromatic rings. The van der Waals surface area contributed by atoms with Crippen LogP contribution >= 0.6 is 0 Å². The summed E-state index contributed by atoms with van der Waals surface area (Å²) in [5.74, 6) is -0.338. The van der Waals surface area contributed by atoms with E-state index in [4.69, 9.17) is 0 Å². The quantitative estimate of drug-likeness (QED) is 0.444. The number of nitrogens with zero attached hydrogens (tertiary/aromatic N) is 1. The molecule has 2 atom stereocenters. The van der Waals surface area contributed by atoms with Gasteiger partial charge >= 0.3 is 0 Å². The summed E-state index contributed by atoms with van der Waals surface area (Å²) in [4.78, 5) is 14.9. The molecule has 1 N–H and O–H groups in total. The molecule has 0 spiro atoms. The maximum absolute atomic E-state index is 13.3.